The van der Waals surface area contributed by atoms with Crippen molar-refractivity contribution in [3.63, 3.8) is 0 Å². The first-order valence-corrected chi connectivity index (χ1v) is 7.46. The summed E-state index contributed by atoms with van der Waals surface area (Å²) in [5, 5.41) is 5.93. The number of ether oxygens (including phenoxy) is 1. The van der Waals surface area contributed by atoms with Gasteiger partial charge >= 0.3 is 0 Å². The van der Waals surface area contributed by atoms with Gasteiger partial charge in [0.25, 0.3) is 0 Å². The van der Waals surface area contributed by atoms with E-state index in [0.29, 0.717) is 26.2 Å². The molecule has 8 heteroatoms. The Hall–Kier alpha value is -1.08. The lowest BCUT2D eigenvalue weighted by molar-refractivity contribution is -0.120. The molecule has 1 amide bonds. The van der Waals surface area contributed by atoms with E-state index in [4.69, 9.17) is 4.74 Å². The van der Waals surface area contributed by atoms with E-state index in [-0.39, 0.29) is 30.7 Å². The highest BCUT2D eigenvalue weighted by molar-refractivity contribution is 5.85. The lowest BCUT2D eigenvalue weighted by Crippen LogP contribution is -2.34. The van der Waals surface area contributed by atoms with Crippen molar-refractivity contribution in [3.8, 4) is 0 Å². The number of pyridine rings is 1. The molecule has 2 rings (SSSR count). The number of rotatable bonds is 8. The van der Waals surface area contributed by atoms with Gasteiger partial charge in [-0.2, -0.15) is 0 Å². The van der Waals surface area contributed by atoms with E-state index in [2.05, 4.69) is 26.6 Å². The summed E-state index contributed by atoms with van der Waals surface area (Å²) in [4.78, 5) is 18.4. The first kappa shape index (κ1) is 21.9. The van der Waals surface area contributed by atoms with Crippen molar-refractivity contribution >= 4 is 36.5 Å². The SMILES string of the molecule is COCCNCC(=O)NCc1ccnc(N2CCCC2)c1.Cl.Cl. The largest absolute Gasteiger partial charge is 0.383 e. The summed E-state index contributed by atoms with van der Waals surface area (Å²) < 4.78 is 4.91. The van der Waals surface area contributed by atoms with Crippen LogP contribution in [0.3, 0.4) is 0 Å². The zero-order valence-electron chi connectivity index (χ0n) is 13.4. The summed E-state index contributed by atoms with van der Waals surface area (Å²) in [6, 6.07) is 4.00. The molecule has 0 bridgehead atoms. The fourth-order valence-corrected chi connectivity index (χ4v) is 2.33. The van der Waals surface area contributed by atoms with Crippen LogP contribution >= 0.6 is 24.8 Å². The molecule has 2 heterocycles. The third kappa shape index (κ3) is 7.83. The number of methoxy groups -OCH3 is 1. The summed E-state index contributed by atoms with van der Waals surface area (Å²) in [6.07, 6.45) is 4.28. The normalized spacial score (nSPS) is 13.2. The Morgan fingerprint density at radius 2 is 2.09 bits per heavy atom. The quantitative estimate of drug-likeness (QED) is 0.682. The van der Waals surface area contributed by atoms with E-state index >= 15 is 0 Å². The third-order valence-electron chi connectivity index (χ3n) is 3.50. The average molecular weight is 365 g/mol. The number of nitrogens with zero attached hydrogens (tertiary/aromatic N) is 2. The van der Waals surface area contributed by atoms with Gasteiger partial charge in [0, 0.05) is 39.5 Å². The van der Waals surface area contributed by atoms with Crippen molar-refractivity contribution in [2.75, 3.05) is 44.8 Å². The molecule has 23 heavy (non-hydrogen) atoms. The fourth-order valence-electron chi connectivity index (χ4n) is 2.33. The Labute approximate surface area is 150 Å². The van der Waals surface area contributed by atoms with Crippen LogP contribution in [-0.4, -0.2) is 50.8 Å². The second kappa shape index (κ2) is 12.4. The van der Waals surface area contributed by atoms with Gasteiger partial charge in [0.05, 0.1) is 13.2 Å². The van der Waals surface area contributed by atoms with Gasteiger partial charge in [-0.15, -0.1) is 24.8 Å². The maximum atomic E-state index is 11.7. The minimum Gasteiger partial charge on any atom is -0.383 e. The van der Waals surface area contributed by atoms with Crippen LogP contribution in [0, 0.1) is 0 Å². The molecule has 1 aliphatic heterocycles. The predicted octanol–water partition coefficient (Wildman–Crippen LogP) is 1.38. The maximum absolute atomic E-state index is 11.7. The number of hydrogen-bond acceptors (Lipinski definition) is 5. The first-order chi connectivity index (χ1) is 10.3. The Morgan fingerprint density at radius 1 is 1.35 bits per heavy atom. The highest BCUT2D eigenvalue weighted by atomic mass is 35.5. The van der Waals surface area contributed by atoms with E-state index in [0.717, 1.165) is 24.5 Å². The monoisotopic (exact) mass is 364 g/mol. The molecule has 0 unspecified atom stereocenters. The van der Waals surface area contributed by atoms with Crippen molar-refractivity contribution in [1.29, 1.82) is 0 Å². The van der Waals surface area contributed by atoms with Gasteiger partial charge in [0.2, 0.25) is 5.91 Å². The lowest BCUT2D eigenvalue weighted by atomic mass is 10.2. The first-order valence-electron chi connectivity index (χ1n) is 7.46. The Balaban J connectivity index is 0.00000242. The molecule has 0 atom stereocenters. The molecule has 0 saturated carbocycles. The van der Waals surface area contributed by atoms with E-state index in [1.807, 2.05) is 12.3 Å². The molecule has 1 aromatic heterocycles. The van der Waals surface area contributed by atoms with E-state index in [1.54, 1.807) is 7.11 Å². The standard InChI is InChI=1S/C15H24N4O2.2ClH/c1-21-9-6-16-12-15(20)18-11-13-4-5-17-14(10-13)19-7-2-3-8-19;;/h4-5,10,16H,2-3,6-9,11-12H2,1H3,(H,18,20);2*1H. The Morgan fingerprint density at radius 3 is 2.78 bits per heavy atom. The highest BCUT2D eigenvalue weighted by Gasteiger charge is 2.13. The summed E-state index contributed by atoms with van der Waals surface area (Å²) in [5.41, 5.74) is 1.08. The summed E-state index contributed by atoms with van der Waals surface area (Å²) in [7, 11) is 1.64. The predicted molar refractivity (Wildman–Crippen MR) is 96.8 cm³/mol. The number of hydrogen-bond donors (Lipinski definition) is 2. The highest BCUT2D eigenvalue weighted by Crippen LogP contribution is 2.18. The van der Waals surface area contributed by atoms with Crippen LogP contribution in [-0.2, 0) is 16.1 Å². The van der Waals surface area contributed by atoms with Crippen molar-refractivity contribution in [1.82, 2.24) is 15.6 Å². The molecule has 0 aromatic carbocycles. The fraction of sp³-hybridized carbons (Fsp3) is 0.600. The van der Waals surface area contributed by atoms with E-state index in [1.165, 1.54) is 12.8 Å². The van der Waals surface area contributed by atoms with Gasteiger partial charge in [0.15, 0.2) is 0 Å². The number of carbonyl (C=O) groups excluding carboxylic acids is 1. The average Bonchev–Trinajstić information content (AvgIpc) is 3.04. The summed E-state index contributed by atoms with van der Waals surface area (Å²) >= 11 is 0. The Bertz CT molecular complexity index is 457. The van der Waals surface area contributed by atoms with Crippen molar-refractivity contribution in [3.05, 3.63) is 23.9 Å². The van der Waals surface area contributed by atoms with Crippen LogP contribution in [0.4, 0.5) is 5.82 Å². The second-order valence-corrected chi connectivity index (χ2v) is 5.16. The van der Waals surface area contributed by atoms with Gasteiger partial charge in [-0.25, -0.2) is 4.98 Å². The van der Waals surface area contributed by atoms with Gasteiger partial charge in [0.1, 0.15) is 5.82 Å². The molecule has 0 aliphatic carbocycles. The number of nitrogens with one attached hydrogen (secondary N) is 2. The van der Waals surface area contributed by atoms with Crippen LogP contribution in [0.5, 0.6) is 0 Å². The third-order valence-corrected chi connectivity index (χ3v) is 3.50. The van der Waals surface area contributed by atoms with Crippen molar-refractivity contribution < 1.29 is 9.53 Å². The molecule has 1 aromatic rings. The molecule has 6 nitrogen and oxygen atoms in total. The van der Waals surface area contributed by atoms with Crippen LogP contribution < -0.4 is 15.5 Å². The van der Waals surface area contributed by atoms with Crippen LogP contribution in [0.25, 0.3) is 0 Å². The molecule has 1 saturated heterocycles. The molecular weight excluding hydrogens is 339 g/mol. The van der Waals surface area contributed by atoms with E-state index in [9.17, 15) is 4.79 Å². The summed E-state index contributed by atoms with van der Waals surface area (Å²) in [5.74, 6) is 1.00. The van der Waals surface area contributed by atoms with Crippen LogP contribution in [0.2, 0.25) is 0 Å². The van der Waals surface area contributed by atoms with Gasteiger partial charge in [-0.05, 0) is 30.5 Å². The second-order valence-electron chi connectivity index (χ2n) is 5.16. The van der Waals surface area contributed by atoms with E-state index < -0.39 is 0 Å². The summed E-state index contributed by atoms with van der Waals surface area (Å²) in [6.45, 7) is 4.29. The molecule has 1 fully saturated rings. The van der Waals surface area contributed by atoms with Gasteiger partial charge < -0.3 is 20.3 Å². The van der Waals surface area contributed by atoms with Crippen LogP contribution in [0.15, 0.2) is 18.3 Å². The van der Waals surface area contributed by atoms with Crippen molar-refractivity contribution in [2.45, 2.75) is 19.4 Å². The lowest BCUT2D eigenvalue weighted by Gasteiger charge is -2.17. The Kier molecular flexibility index (Phi) is 11.8. The molecular formula is C15H26Cl2N4O2. The molecule has 0 spiro atoms. The topological polar surface area (TPSA) is 66.5 Å². The van der Waals surface area contributed by atoms with Gasteiger partial charge in [-0.3, -0.25) is 4.79 Å². The molecule has 1 aliphatic rings. The maximum Gasteiger partial charge on any atom is 0.234 e. The minimum absolute atomic E-state index is 0. The number of amides is 1. The number of halogens is 2. The van der Waals surface area contributed by atoms with Gasteiger partial charge in [-0.1, -0.05) is 0 Å². The zero-order chi connectivity index (χ0) is 14.9. The van der Waals surface area contributed by atoms with Crippen LogP contribution in [0.1, 0.15) is 18.4 Å². The number of carbonyl (C=O) groups is 1. The van der Waals surface area contributed by atoms with Crippen molar-refractivity contribution in [2.24, 2.45) is 0 Å². The number of anilines is 1. The molecule has 132 valence electrons. The minimum atomic E-state index is -0.00867. The smallest absolute Gasteiger partial charge is 0.234 e. The molecule has 2 N–H and O–H groups in total. The molecule has 0 radical (unpaired) electrons. The number of aromatic nitrogens is 1. The zero-order valence-corrected chi connectivity index (χ0v) is 15.0.